The molecular formula is C17H11ClN2O2. The van der Waals surface area contributed by atoms with Crippen molar-refractivity contribution in [1.82, 2.24) is 9.97 Å². The fourth-order valence-corrected chi connectivity index (χ4v) is 2.35. The van der Waals surface area contributed by atoms with Gasteiger partial charge in [0.1, 0.15) is 5.56 Å². The Morgan fingerprint density at radius 1 is 1.00 bits per heavy atom. The third-order valence-electron chi connectivity index (χ3n) is 3.18. The summed E-state index contributed by atoms with van der Waals surface area (Å²) in [5.41, 5.74) is 1.72. The molecule has 0 spiro atoms. The van der Waals surface area contributed by atoms with Crippen molar-refractivity contribution < 1.29 is 9.90 Å². The zero-order valence-electron chi connectivity index (χ0n) is 11.4. The highest BCUT2D eigenvalue weighted by molar-refractivity contribution is 6.33. The molecule has 0 saturated heterocycles. The van der Waals surface area contributed by atoms with E-state index in [4.69, 9.17) is 11.6 Å². The van der Waals surface area contributed by atoms with E-state index in [1.54, 1.807) is 24.3 Å². The molecular weight excluding hydrogens is 300 g/mol. The summed E-state index contributed by atoms with van der Waals surface area (Å²) in [5.74, 6) is -0.630. The van der Waals surface area contributed by atoms with Crippen molar-refractivity contribution in [3.05, 3.63) is 71.4 Å². The number of carboxylic acids is 1. The second-order valence-electron chi connectivity index (χ2n) is 4.61. The van der Waals surface area contributed by atoms with Crippen LogP contribution in [0.4, 0.5) is 0 Å². The lowest BCUT2D eigenvalue weighted by atomic mass is 10.1. The normalized spacial score (nSPS) is 10.4. The van der Waals surface area contributed by atoms with Gasteiger partial charge < -0.3 is 5.11 Å². The Hall–Kier alpha value is -2.72. The predicted octanol–water partition coefficient (Wildman–Crippen LogP) is 4.16. The molecule has 3 aromatic rings. The van der Waals surface area contributed by atoms with Crippen LogP contribution >= 0.6 is 11.6 Å². The number of hydrogen-bond donors (Lipinski definition) is 1. The van der Waals surface area contributed by atoms with Crippen molar-refractivity contribution in [3.8, 4) is 22.6 Å². The van der Waals surface area contributed by atoms with Crippen LogP contribution < -0.4 is 0 Å². The van der Waals surface area contributed by atoms with Crippen LogP contribution in [0.25, 0.3) is 22.6 Å². The number of benzene rings is 2. The summed E-state index contributed by atoms with van der Waals surface area (Å²) < 4.78 is 0. The minimum atomic E-state index is -1.09. The van der Waals surface area contributed by atoms with E-state index in [0.717, 1.165) is 5.56 Å². The number of aromatic nitrogens is 2. The average Bonchev–Trinajstić information content (AvgIpc) is 2.55. The summed E-state index contributed by atoms with van der Waals surface area (Å²) >= 11 is 6.18. The fraction of sp³-hybridized carbons (Fsp3) is 0. The molecule has 0 aliphatic heterocycles. The van der Waals surface area contributed by atoms with Gasteiger partial charge in [-0.2, -0.15) is 0 Å². The standard InChI is InChI=1S/C17H11ClN2O2/c18-14-9-5-4-8-12(14)15-13(17(21)22)10-19-16(20-15)11-6-2-1-3-7-11/h1-10H,(H,21,22). The minimum Gasteiger partial charge on any atom is -0.478 e. The van der Waals surface area contributed by atoms with Crippen molar-refractivity contribution in [2.24, 2.45) is 0 Å². The number of carbonyl (C=O) groups is 1. The first-order chi connectivity index (χ1) is 10.7. The molecule has 5 heteroatoms. The van der Waals surface area contributed by atoms with Gasteiger partial charge in [-0.05, 0) is 6.07 Å². The van der Waals surface area contributed by atoms with Crippen LogP contribution in [0.2, 0.25) is 5.02 Å². The molecule has 108 valence electrons. The monoisotopic (exact) mass is 310 g/mol. The molecule has 0 amide bonds. The number of nitrogens with zero attached hydrogens (tertiary/aromatic N) is 2. The third-order valence-corrected chi connectivity index (χ3v) is 3.51. The van der Waals surface area contributed by atoms with E-state index in [1.165, 1.54) is 6.20 Å². The van der Waals surface area contributed by atoms with Gasteiger partial charge in [-0.25, -0.2) is 14.8 Å². The molecule has 1 heterocycles. The summed E-state index contributed by atoms with van der Waals surface area (Å²) in [5, 5.41) is 9.80. The van der Waals surface area contributed by atoms with Gasteiger partial charge in [0.25, 0.3) is 0 Å². The van der Waals surface area contributed by atoms with Crippen LogP contribution in [-0.4, -0.2) is 21.0 Å². The van der Waals surface area contributed by atoms with Gasteiger partial charge in [-0.15, -0.1) is 0 Å². The lowest BCUT2D eigenvalue weighted by Crippen LogP contribution is -2.04. The first-order valence-electron chi connectivity index (χ1n) is 6.57. The van der Waals surface area contributed by atoms with Gasteiger partial charge in [-0.1, -0.05) is 60.1 Å². The molecule has 2 aromatic carbocycles. The number of hydrogen-bond acceptors (Lipinski definition) is 3. The maximum atomic E-state index is 11.4. The first-order valence-corrected chi connectivity index (χ1v) is 6.95. The molecule has 0 saturated carbocycles. The zero-order valence-corrected chi connectivity index (χ0v) is 12.2. The van der Waals surface area contributed by atoms with Crippen LogP contribution in [0.1, 0.15) is 10.4 Å². The Morgan fingerprint density at radius 3 is 2.36 bits per heavy atom. The Balaban J connectivity index is 2.22. The maximum absolute atomic E-state index is 11.4. The summed E-state index contributed by atoms with van der Waals surface area (Å²) in [6, 6.07) is 16.4. The highest BCUT2D eigenvalue weighted by Crippen LogP contribution is 2.30. The van der Waals surface area contributed by atoms with Crippen molar-refractivity contribution in [3.63, 3.8) is 0 Å². The van der Waals surface area contributed by atoms with E-state index in [2.05, 4.69) is 9.97 Å². The van der Waals surface area contributed by atoms with E-state index in [9.17, 15) is 9.90 Å². The molecule has 0 unspecified atom stereocenters. The SMILES string of the molecule is O=C(O)c1cnc(-c2ccccc2)nc1-c1ccccc1Cl. The quantitative estimate of drug-likeness (QED) is 0.789. The number of carboxylic acid groups (broad SMARTS) is 1. The molecule has 0 radical (unpaired) electrons. The van der Waals surface area contributed by atoms with Gasteiger partial charge in [-0.3, -0.25) is 0 Å². The Bertz CT molecular complexity index is 835. The lowest BCUT2D eigenvalue weighted by Gasteiger charge is -2.09. The first kappa shape index (κ1) is 14.2. The zero-order chi connectivity index (χ0) is 15.5. The molecule has 0 aliphatic carbocycles. The van der Waals surface area contributed by atoms with Gasteiger partial charge in [0.05, 0.1) is 5.69 Å². The largest absolute Gasteiger partial charge is 0.478 e. The second kappa shape index (κ2) is 5.95. The number of aromatic carboxylic acids is 1. The highest BCUT2D eigenvalue weighted by Gasteiger charge is 2.17. The van der Waals surface area contributed by atoms with Crippen LogP contribution in [0.3, 0.4) is 0 Å². The summed E-state index contributed by atoms with van der Waals surface area (Å²) in [6.45, 7) is 0. The summed E-state index contributed by atoms with van der Waals surface area (Å²) in [6.07, 6.45) is 1.32. The van der Waals surface area contributed by atoms with E-state index < -0.39 is 5.97 Å². The van der Waals surface area contributed by atoms with Crippen LogP contribution in [0.5, 0.6) is 0 Å². The molecule has 1 aromatic heterocycles. The molecule has 1 N–H and O–H groups in total. The van der Waals surface area contributed by atoms with Gasteiger partial charge >= 0.3 is 5.97 Å². The highest BCUT2D eigenvalue weighted by atomic mass is 35.5. The van der Waals surface area contributed by atoms with Gasteiger partial charge in [0.15, 0.2) is 5.82 Å². The Kier molecular flexibility index (Phi) is 3.85. The topological polar surface area (TPSA) is 63.1 Å². The van der Waals surface area contributed by atoms with Crippen molar-refractivity contribution in [1.29, 1.82) is 0 Å². The molecule has 0 fully saturated rings. The lowest BCUT2D eigenvalue weighted by molar-refractivity contribution is 0.0697. The van der Waals surface area contributed by atoms with E-state index in [1.807, 2.05) is 30.3 Å². The van der Waals surface area contributed by atoms with Crippen LogP contribution in [0.15, 0.2) is 60.8 Å². The second-order valence-corrected chi connectivity index (χ2v) is 5.01. The Labute approximate surface area is 132 Å². The van der Waals surface area contributed by atoms with E-state index in [0.29, 0.717) is 22.1 Å². The van der Waals surface area contributed by atoms with E-state index >= 15 is 0 Å². The van der Waals surface area contributed by atoms with Crippen molar-refractivity contribution in [2.45, 2.75) is 0 Å². The molecule has 4 nitrogen and oxygen atoms in total. The Morgan fingerprint density at radius 2 is 1.68 bits per heavy atom. The summed E-state index contributed by atoms with van der Waals surface area (Å²) in [4.78, 5) is 20.0. The van der Waals surface area contributed by atoms with E-state index in [-0.39, 0.29) is 5.56 Å². The van der Waals surface area contributed by atoms with Crippen molar-refractivity contribution in [2.75, 3.05) is 0 Å². The van der Waals surface area contributed by atoms with Crippen LogP contribution in [0, 0.1) is 0 Å². The predicted molar refractivity (Wildman–Crippen MR) is 84.9 cm³/mol. The molecule has 0 bridgehead atoms. The van der Waals surface area contributed by atoms with Gasteiger partial charge in [0.2, 0.25) is 0 Å². The summed E-state index contributed by atoms with van der Waals surface area (Å²) in [7, 11) is 0. The smallest absolute Gasteiger partial charge is 0.339 e. The molecule has 0 atom stereocenters. The fourth-order valence-electron chi connectivity index (χ4n) is 2.12. The number of halogens is 1. The maximum Gasteiger partial charge on any atom is 0.339 e. The molecule has 3 rings (SSSR count). The third kappa shape index (κ3) is 2.69. The number of rotatable bonds is 3. The van der Waals surface area contributed by atoms with Gasteiger partial charge in [0, 0.05) is 22.3 Å². The molecule has 0 aliphatic rings. The average molecular weight is 311 g/mol. The minimum absolute atomic E-state index is 0.0211. The van der Waals surface area contributed by atoms with Crippen molar-refractivity contribution >= 4 is 17.6 Å². The van der Waals surface area contributed by atoms with Crippen LogP contribution in [-0.2, 0) is 0 Å². The molecule has 22 heavy (non-hydrogen) atoms.